The lowest BCUT2D eigenvalue weighted by molar-refractivity contribution is 0.432. The van der Waals surface area contributed by atoms with Gasteiger partial charge in [0.05, 0.1) is 38.4 Å². The van der Waals surface area contributed by atoms with Crippen LogP contribution in [0.3, 0.4) is 0 Å². The molecule has 5 rings (SSSR count). The Bertz CT molecular complexity index is 2220. The maximum absolute atomic E-state index is 14.9. The fourth-order valence-corrected chi connectivity index (χ4v) is 4.43. The number of nitrogens with one attached hydrogen (secondary N) is 3. The number of aromatic nitrogens is 3. The Morgan fingerprint density at radius 3 is 1.91 bits per heavy atom. The van der Waals surface area contributed by atoms with E-state index in [1.165, 1.54) is 31.3 Å². The largest absolute Gasteiger partial charge is 0.396 e. The molecule has 17 heteroatoms. The van der Waals surface area contributed by atoms with E-state index in [2.05, 4.69) is 31.1 Å². The molecule has 0 spiro atoms. The van der Waals surface area contributed by atoms with E-state index >= 15 is 0 Å². The second-order valence-electron chi connectivity index (χ2n) is 9.01. The van der Waals surface area contributed by atoms with Gasteiger partial charge in [0.2, 0.25) is 0 Å². The predicted molar refractivity (Wildman–Crippen MR) is 153 cm³/mol. The molecule has 5 aromatic rings. The Balaban J connectivity index is 1.75. The third kappa shape index (κ3) is 4.28. The number of halogens is 4. The number of benzene rings is 2. The van der Waals surface area contributed by atoms with Gasteiger partial charge in [0.15, 0.2) is 23.3 Å². The molecule has 0 fully saturated rings. The van der Waals surface area contributed by atoms with Crippen LogP contribution in [0.4, 0.5) is 46.4 Å². The van der Waals surface area contributed by atoms with Crippen molar-refractivity contribution in [3.05, 3.63) is 57.5 Å². The molecule has 2 aromatic carbocycles. The third-order valence-electron chi connectivity index (χ3n) is 6.56. The smallest absolute Gasteiger partial charge is 0.173 e. The van der Waals surface area contributed by atoms with Gasteiger partial charge >= 0.3 is 0 Å². The quantitative estimate of drug-likeness (QED) is 0.0619. The van der Waals surface area contributed by atoms with E-state index in [-0.39, 0.29) is 50.9 Å². The van der Waals surface area contributed by atoms with E-state index in [4.69, 9.17) is 28.7 Å². The maximum Gasteiger partial charge on any atom is 0.173 e. The Labute approximate surface area is 237 Å². The Morgan fingerprint density at radius 1 is 0.744 bits per heavy atom. The second kappa shape index (κ2) is 10.2. The normalized spacial score (nSPS) is 10.9. The Kier molecular flexibility index (Phi) is 6.63. The van der Waals surface area contributed by atoms with Crippen LogP contribution < -0.4 is 55.3 Å². The molecule has 13 nitrogen and oxygen atoms in total. The molecule has 0 radical (unpaired) electrons. The highest BCUT2D eigenvalue weighted by Gasteiger charge is 2.23. The van der Waals surface area contributed by atoms with Crippen LogP contribution in [0.25, 0.3) is 44.2 Å². The standard InChI is InChI=1S/C26H19F4N13/c1-38-26(37)15-18(29)16(27)14(17(28)19(15)30)13(6-32)43-42-12-4-9-8-3-11(33)24(35)41-21(8)22-10(20(9)39-25(12)36)2-7(5-31)23(34)40-22/h2-4,38,42-43H,33,37H2,1H3,(H2,34,40)(H2,35,41)(H2,36,39). The summed E-state index contributed by atoms with van der Waals surface area (Å²) in [6, 6.07) is 7.77. The molecule has 0 bridgehead atoms. The van der Waals surface area contributed by atoms with Gasteiger partial charge in [0.1, 0.15) is 46.6 Å². The SMILES string of the molecule is CNC(N)=c1c(F)c(F)c(=C(C#N)NNc2cc3c4cc(N)c(N)nc4c4nc(N)c(C#N)cc4c3nc2N)c(F)c1F. The summed E-state index contributed by atoms with van der Waals surface area (Å²) in [5.74, 6) is -8.33. The van der Waals surface area contributed by atoms with E-state index in [9.17, 15) is 28.1 Å². The van der Waals surface area contributed by atoms with Crippen molar-refractivity contribution >= 4 is 73.1 Å². The van der Waals surface area contributed by atoms with E-state index < -0.39 is 45.2 Å². The molecule has 43 heavy (non-hydrogen) atoms. The highest BCUT2D eigenvalue weighted by atomic mass is 19.2. The summed E-state index contributed by atoms with van der Waals surface area (Å²) < 4.78 is 59.2. The number of nitrogen functional groups attached to an aromatic ring is 4. The van der Waals surface area contributed by atoms with Crippen LogP contribution in [-0.2, 0) is 0 Å². The monoisotopic (exact) mass is 589 g/mol. The number of fused-ring (bicyclic) bond motifs is 6. The van der Waals surface area contributed by atoms with Crippen LogP contribution in [0.15, 0.2) is 18.2 Å². The van der Waals surface area contributed by atoms with Crippen LogP contribution in [-0.4, -0.2) is 22.0 Å². The first kappa shape index (κ1) is 28.1. The van der Waals surface area contributed by atoms with Gasteiger partial charge in [-0.05, 0) is 18.2 Å². The molecule has 0 amide bonds. The number of hydrogen-bond donors (Lipinski definition) is 8. The predicted octanol–water partition coefficient (Wildman–Crippen LogP) is 0.580. The zero-order valence-corrected chi connectivity index (χ0v) is 21.9. The first-order valence-corrected chi connectivity index (χ1v) is 12.0. The summed E-state index contributed by atoms with van der Waals surface area (Å²) in [6.07, 6.45) is 0. The molecule has 3 heterocycles. The highest BCUT2D eigenvalue weighted by molar-refractivity contribution is 6.23. The zero-order chi connectivity index (χ0) is 31.3. The highest BCUT2D eigenvalue weighted by Crippen LogP contribution is 2.37. The van der Waals surface area contributed by atoms with E-state index in [1.54, 1.807) is 0 Å². The van der Waals surface area contributed by atoms with Gasteiger partial charge in [-0.2, -0.15) is 10.5 Å². The molecule has 3 aromatic heterocycles. The second-order valence-corrected chi connectivity index (χ2v) is 9.01. The van der Waals surface area contributed by atoms with Gasteiger partial charge < -0.3 is 34.0 Å². The number of hydrazine groups is 1. The summed E-state index contributed by atoms with van der Waals surface area (Å²) in [5, 5.41) is 19.9. The van der Waals surface area contributed by atoms with Crippen molar-refractivity contribution in [1.29, 1.82) is 10.5 Å². The number of pyridine rings is 3. The number of anilines is 5. The third-order valence-corrected chi connectivity index (χ3v) is 6.56. The number of nitrogens with zero attached hydrogens (tertiary/aromatic N) is 5. The van der Waals surface area contributed by atoms with Gasteiger partial charge in [-0.3, -0.25) is 10.9 Å². The van der Waals surface area contributed by atoms with E-state index in [1.807, 2.05) is 6.07 Å². The molecule has 13 N–H and O–H groups in total. The lowest BCUT2D eigenvalue weighted by atomic mass is 10.0. The van der Waals surface area contributed by atoms with Crippen LogP contribution in [0.5, 0.6) is 0 Å². The summed E-state index contributed by atoms with van der Waals surface area (Å²) in [6.45, 7) is 0. The van der Waals surface area contributed by atoms with Gasteiger partial charge in [-0.25, -0.2) is 32.5 Å². The number of nitriles is 2. The van der Waals surface area contributed by atoms with Gasteiger partial charge in [-0.1, -0.05) is 0 Å². The molecular formula is C26H19F4N13. The number of rotatable bonds is 4. The minimum Gasteiger partial charge on any atom is -0.396 e. The van der Waals surface area contributed by atoms with Gasteiger partial charge in [-0.15, -0.1) is 0 Å². The van der Waals surface area contributed by atoms with Crippen LogP contribution in [0, 0.1) is 45.9 Å². The van der Waals surface area contributed by atoms with E-state index in [0.29, 0.717) is 16.2 Å². The van der Waals surface area contributed by atoms with Crippen molar-refractivity contribution < 1.29 is 17.6 Å². The summed E-state index contributed by atoms with van der Waals surface area (Å²) in [5.41, 5.74) is 34.1. The maximum atomic E-state index is 14.9. The minimum atomic E-state index is -1.88. The van der Waals surface area contributed by atoms with Crippen molar-refractivity contribution in [1.82, 2.24) is 25.7 Å². The first-order valence-electron chi connectivity index (χ1n) is 12.0. The Morgan fingerprint density at radius 2 is 1.30 bits per heavy atom. The Hall–Kier alpha value is -6.49. The fraction of sp³-hybridized carbons (Fsp3) is 0.0385. The van der Waals surface area contributed by atoms with Crippen molar-refractivity contribution in [2.24, 2.45) is 5.73 Å². The number of nitrogens with two attached hydrogens (primary N) is 5. The average Bonchev–Trinajstić information content (AvgIpc) is 2.98. The van der Waals surface area contributed by atoms with Crippen molar-refractivity contribution in [3.8, 4) is 12.1 Å². The van der Waals surface area contributed by atoms with Crippen molar-refractivity contribution in [2.75, 3.05) is 35.4 Å². The van der Waals surface area contributed by atoms with Crippen LogP contribution in [0.1, 0.15) is 5.56 Å². The number of hydrogen-bond acceptors (Lipinski definition) is 13. The fourth-order valence-electron chi connectivity index (χ4n) is 4.43. The zero-order valence-electron chi connectivity index (χ0n) is 21.9. The van der Waals surface area contributed by atoms with Crippen molar-refractivity contribution in [3.63, 3.8) is 0 Å². The molecule has 0 saturated carbocycles. The molecule has 0 aliphatic heterocycles. The van der Waals surface area contributed by atoms with Crippen LogP contribution in [0.2, 0.25) is 0 Å². The van der Waals surface area contributed by atoms with E-state index in [0.717, 1.165) is 0 Å². The summed E-state index contributed by atoms with van der Waals surface area (Å²) in [7, 11) is 1.19. The van der Waals surface area contributed by atoms with Crippen LogP contribution >= 0.6 is 0 Å². The summed E-state index contributed by atoms with van der Waals surface area (Å²) in [4.78, 5) is 13.0. The summed E-state index contributed by atoms with van der Waals surface area (Å²) >= 11 is 0. The van der Waals surface area contributed by atoms with Gasteiger partial charge in [0, 0.05) is 23.2 Å². The molecule has 0 atom stereocenters. The van der Waals surface area contributed by atoms with Gasteiger partial charge in [0.25, 0.3) is 0 Å². The minimum absolute atomic E-state index is 0.00169. The molecule has 0 aliphatic carbocycles. The van der Waals surface area contributed by atoms with Crippen molar-refractivity contribution in [2.45, 2.75) is 0 Å². The molecule has 0 saturated heterocycles. The first-order chi connectivity index (χ1) is 20.4. The molecular weight excluding hydrogens is 570 g/mol. The lowest BCUT2D eigenvalue weighted by Crippen LogP contribution is -2.38. The lowest BCUT2D eigenvalue weighted by Gasteiger charge is -2.15. The average molecular weight is 590 g/mol. The molecule has 216 valence electrons. The topological polar surface area (TPSA) is 252 Å². The molecule has 0 aliphatic rings. The molecule has 0 unspecified atom stereocenters.